The molecular weight excluding hydrogens is 379 g/mol. The second-order valence-electron chi connectivity index (χ2n) is 7.29. The van der Waals surface area contributed by atoms with Gasteiger partial charge in [-0.25, -0.2) is 0 Å². The van der Waals surface area contributed by atoms with Crippen molar-refractivity contribution in [3.8, 4) is 5.75 Å². The van der Waals surface area contributed by atoms with Crippen LogP contribution in [0.2, 0.25) is 10.0 Å². The molecule has 1 aromatic carbocycles. The number of rotatable bonds is 1. The molecule has 26 heavy (non-hydrogen) atoms. The Morgan fingerprint density at radius 2 is 1.58 bits per heavy atom. The molecule has 2 N–H and O–H groups in total. The van der Waals surface area contributed by atoms with Gasteiger partial charge >= 0.3 is 0 Å². The molecule has 4 atom stereocenters. The van der Waals surface area contributed by atoms with Crippen LogP contribution in [0.1, 0.15) is 37.2 Å². The van der Waals surface area contributed by atoms with Crippen molar-refractivity contribution in [3.05, 3.63) is 27.7 Å². The van der Waals surface area contributed by atoms with E-state index in [1.807, 2.05) is 0 Å². The van der Waals surface area contributed by atoms with E-state index in [1.54, 1.807) is 9.80 Å². The van der Waals surface area contributed by atoms with Gasteiger partial charge in [-0.1, -0.05) is 23.2 Å². The number of amides is 2. The fourth-order valence-electron chi connectivity index (χ4n) is 4.50. The number of carbonyl (C=O) groups excluding carboxylic acids is 2. The van der Waals surface area contributed by atoms with Gasteiger partial charge in [0.1, 0.15) is 17.8 Å². The minimum Gasteiger partial charge on any atom is -0.508 e. The first-order valence-corrected chi connectivity index (χ1v) is 9.60. The second-order valence-corrected chi connectivity index (χ2v) is 8.07. The van der Waals surface area contributed by atoms with E-state index in [9.17, 15) is 19.8 Å². The summed E-state index contributed by atoms with van der Waals surface area (Å²) in [6.45, 7) is 0.817. The van der Waals surface area contributed by atoms with E-state index >= 15 is 0 Å². The van der Waals surface area contributed by atoms with Crippen LogP contribution in [-0.4, -0.2) is 63.1 Å². The first kappa shape index (κ1) is 17.9. The summed E-state index contributed by atoms with van der Waals surface area (Å²) in [5.74, 6) is -0.255. The van der Waals surface area contributed by atoms with Crippen molar-refractivity contribution in [1.29, 1.82) is 0 Å². The lowest BCUT2D eigenvalue weighted by molar-refractivity contribution is -0.168. The molecule has 6 nitrogen and oxygen atoms in total. The van der Waals surface area contributed by atoms with Crippen molar-refractivity contribution in [1.82, 2.24) is 9.80 Å². The summed E-state index contributed by atoms with van der Waals surface area (Å²) in [6, 6.07) is 1.94. The molecule has 0 aromatic heterocycles. The molecule has 140 valence electrons. The number of nitrogens with zero attached hydrogens (tertiary/aromatic N) is 2. The summed E-state index contributed by atoms with van der Waals surface area (Å²) in [4.78, 5) is 29.1. The Kier molecular flexibility index (Phi) is 4.53. The van der Waals surface area contributed by atoms with Crippen LogP contribution in [0.25, 0.3) is 0 Å². The van der Waals surface area contributed by atoms with E-state index < -0.39 is 18.2 Å². The lowest BCUT2D eigenvalue weighted by Crippen LogP contribution is -2.68. The van der Waals surface area contributed by atoms with Crippen LogP contribution in [0.15, 0.2) is 12.1 Å². The van der Waals surface area contributed by atoms with Gasteiger partial charge in [0.15, 0.2) is 0 Å². The van der Waals surface area contributed by atoms with Gasteiger partial charge in [0, 0.05) is 25.1 Å². The summed E-state index contributed by atoms with van der Waals surface area (Å²) in [5.41, 5.74) is 0.551. The van der Waals surface area contributed by atoms with Crippen LogP contribution in [0.5, 0.6) is 5.75 Å². The van der Waals surface area contributed by atoms with E-state index in [0.29, 0.717) is 54.4 Å². The number of aliphatic hydroxyl groups is 1. The molecular formula is C18H20Cl2N2O4. The van der Waals surface area contributed by atoms with E-state index in [-0.39, 0.29) is 23.5 Å². The predicted octanol–water partition coefficient (Wildman–Crippen LogP) is 2.14. The number of carbonyl (C=O) groups is 2. The van der Waals surface area contributed by atoms with Crippen molar-refractivity contribution in [3.63, 3.8) is 0 Å². The van der Waals surface area contributed by atoms with E-state index in [1.165, 1.54) is 12.1 Å². The average molecular weight is 399 g/mol. The number of aliphatic hydroxyl groups excluding tert-OH is 1. The third kappa shape index (κ3) is 2.75. The van der Waals surface area contributed by atoms with Crippen molar-refractivity contribution in [2.24, 2.45) is 0 Å². The number of phenolic OH excluding ortho intramolecular Hbond substituents is 1. The Bertz CT molecular complexity index is 772. The van der Waals surface area contributed by atoms with Crippen LogP contribution < -0.4 is 0 Å². The van der Waals surface area contributed by atoms with Crippen LogP contribution in [0.3, 0.4) is 0 Å². The molecule has 3 fully saturated rings. The monoisotopic (exact) mass is 398 g/mol. The Morgan fingerprint density at radius 3 is 2.27 bits per heavy atom. The fourth-order valence-corrected chi connectivity index (χ4v) is 4.98. The van der Waals surface area contributed by atoms with Crippen LogP contribution in [0, 0.1) is 0 Å². The normalized spacial score (nSPS) is 31.7. The van der Waals surface area contributed by atoms with E-state index in [0.717, 1.165) is 0 Å². The summed E-state index contributed by atoms with van der Waals surface area (Å²) < 4.78 is 0. The van der Waals surface area contributed by atoms with E-state index in [4.69, 9.17) is 23.2 Å². The zero-order chi connectivity index (χ0) is 18.6. The van der Waals surface area contributed by atoms with Gasteiger partial charge in [-0.15, -0.1) is 0 Å². The minimum atomic E-state index is -0.554. The summed E-state index contributed by atoms with van der Waals surface area (Å²) in [7, 11) is 0. The zero-order valence-electron chi connectivity index (χ0n) is 14.1. The number of piperazine rings is 1. The highest BCUT2D eigenvalue weighted by atomic mass is 35.5. The van der Waals surface area contributed by atoms with Gasteiger partial charge in [-0.05, 0) is 37.3 Å². The Labute approximate surface area is 161 Å². The first-order valence-electron chi connectivity index (χ1n) is 8.84. The van der Waals surface area contributed by atoms with Crippen LogP contribution in [0.4, 0.5) is 0 Å². The highest BCUT2D eigenvalue weighted by Gasteiger charge is 2.50. The smallest absolute Gasteiger partial charge is 0.246 e. The maximum atomic E-state index is 13.0. The number of hydrogen-bond donors (Lipinski definition) is 2. The molecule has 1 unspecified atom stereocenters. The highest BCUT2D eigenvalue weighted by Crippen LogP contribution is 2.44. The number of fused-ring (bicyclic) bond motifs is 2. The van der Waals surface area contributed by atoms with Crippen molar-refractivity contribution >= 4 is 35.0 Å². The molecule has 0 spiro atoms. The number of piperidine rings is 2. The van der Waals surface area contributed by atoms with Crippen molar-refractivity contribution in [2.45, 2.75) is 49.8 Å². The second kappa shape index (κ2) is 6.59. The third-order valence-electron chi connectivity index (χ3n) is 5.83. The standard InChI is InChI=1S/C18H20Cl2N2O4/c19-11-1-2-14(24)15(16(11)20)9-3-5-21-12(7-9)17(25)22-6-4-10(23)8-13(22)18(21)26/h1-2,9-10,12-13,23-24H,3-8H2/t9-,10?,12+,13-/m1/s1. The Balaban J connectivity index is 1.62. The van der Waals surface area contributed by atoms with Crippen molar-refractivity contribution in [2.75, 3.05) is 13.1 Å². The molecule has 0 bridgehead atoms. The fraction of sp³-hybridized carbons (Fsp3) is 0.556. The van der Waals surface area contributed by atoms with Gasteiger partial charge < -0.3 is 20.0 Å². The SMILES string of the molecule is O=C1[C@@H]2C[C@H](c3c(O)ccc(Cl)c3Cl)CCN2C(=O)[C@H]2CC(O)CCN12. The quantitative estimate of drug-likeness (QED) is 0.759. The molecule has 3 aliphatic heterocycles. The summed E-state index contributed by atoms with van der Waals surface area (Å²) >= 11 is 12.4. The number of benzene rings is 1. The lowest BCUT2D eigenvalue weighted by Gasteiger charge is -2.50. The van der Waals surface area contributed by atoms with Gasteiger partial charge in [0.2, 0.25) is 11.8 Å². The van der Waals surface area contributed by atoms with Crippen LogP contribution >= 0.6 is 23.2 Å². The molecule has 0 radical (unpaired) electrons. The number of hydrogen-bond acceptors (Lipinski definition) is 4. The lowest BCUT2D eigenvalue weighted by atomic mass is 9.81. The molecule has 3 saturated heterocycles. The molecule has 3 heterocycles. The number of phenols is 1. The molecule has 0 saturated carbocycles. The largest absolute Gasteiger partial charge is 0.508 e. The first-order chi connectivity index (χ1) is 12.4. The average Bonchev–Trinajstić information content (AvgIpc) is 2.63. The molecule has 0 aliphatic carbocycles. The van der Waals surface area contributed by atoms with Crippen LogP contribution in [-0.2, 0) is 9.59 Å². The Morgan fingerprint density at radius 1 is 0.962 bits per heavy atom. The van der Waals surface area contributed by atoms with Gasteiger partial charge in [-0.2, -0.15) is 0 Å². The van der Waals surface area contributed by atoms with Crippen molar-refractivity contribution < 1.29 is 19.8 Å². The molecule has 2 amide bonds. The molecule has 8 heteroatoms. The predicted molar refractivity (Wildman–Crippen MR) is 96.3 cm³/mol. The minimum absolute atomic E-state index is 0.0615. The molecule has 4 rings (SSSR count). The van der Waals surface area contributed by atoms with Gasteiger partial charge in [0.05, 0.1) is 16.1 Å². The van der Waals surface area contributed by atoms with Gasteiger partial charge in [-0.3, -0.25) is 9.59 Å². The summed E-state index contributed by atoms with van der Waals surface area (Å²) in [6.07, 6.45) is 1.26. The van der Waals surface area contributed by atoms with E-state index in [2.05, 4.69) is 0 Å². The maximum absolute atomic E-state index is 13.0. The topological polar surface area (TPSA) is 81.1 Å². The van der Waals surface area contributed by atoms with Gasteiger partial charge in [0.25, 0.3) is 0 Å². The molecule has 1 aromatic rings. The summed E-state index contributed by atoms with van der Waals surface area (Å²) in [5, 5.41) is 20.8. The molecule has 3 aliphatic rings. The number of halogens is 2. The zero-order valence-corrected chi connectivity index (χ0v) is 15.6. The Hall–Kier alpha value is -1.50. The third-order valence-corrected chi connectivity index (χ3v) is 6.65. The number of aromatic hydroxyl groups is 1. The maximum Gasteiger partial charge on any atom is 0.246 e. The highest BCUT2D eigenvalue weighted by molar-refractivity contribution is 6.42.